The number of rotatable bonds is 6. The van der Waals surface area contributed by atoms with Gasteiger partial charge in [0.05, 0.1) is 24.5 Å². The third-order valence-electron chi connectivity index (χ3n) is 3.76. The lowest BCUT2D eigenvalue weighted by Crippen LogP contribution is -2.29. The highest BCUT2D eigenvalue weighted by Gasteiger charge is 2.20. The minimum Gasteiger partial charge on any atom is -0.452 e. The third-order valence-corrected chi connectivity index (χ3v) is 3.76. The molecule has 0 saturated carbocycles. The standard InChI is InChI=1S/C19H21N3O3/c1-5-10-20-17(23)12-25-19(24)18-14(3)21-22(15(18)4)11-16-8-6-13(2)7-9-16/h1,6-9H,10-12H2,2-4H3,(H,20,23). The maximum absolute atomic E-state index is 12.3. The molecule has 25 heavy (non-hydrogen) atoms. The summed E-state index contributed by atoms with van der Waals surface area (Å²) in [5, 5.41) is 6.85. The van der Waals surface area contributed by atoms with Gasteiger partial charge in [-0.2, -0.15) is 5.10 Å². The zero-order valence-corrected chi connectivity index (χ0v) is 14.6. The summed E-state index contributed by atoms with van der Waals surface area (Å²) in [6, 6.07) is 8.12. The quantitative estimate of drug-likeness (QED) is 0.643. The van der Waals surface area contributed by atoms with Crippen molar-refractivity contribution in [3.05, 3.63) is 52.3 Å². The number of carbonyl (C=O) groups is 2. The van der Waals surface area contributed by atoms with E-state index < -0.39 is 11.9 Å². The number of hydrogen-bond acceptors (Lipinski definition) is 4. The molecule has 0 unspecified atom stereocenters. The first kappa shape index (κ1) is 18.3. The number of amides is 1. The van der Waals surface area contributed by atoms with E-state index in [0.717, 1.165) is 5.56 Å². The molecule has 1 aromatic carbocycles. The Morgan fingerprint density at radius 1 is 1.24 bits per heavy atom. The normalized spacial score (nSPS) is 10.2. The van der Waals surface area contributed by atoms with Crippen LogP contribution in [0.15, 0.2) is 24.3 Å². The second-order valence-electron chi connectivity index (χ2n) is 5.75. The molecule has 1 aromatic heterocycles. The molecule has 0 saturated heterocycles. The average molecular weight is 339 g/mol. The first-order valence-electron chi connectivity index (χ1n) is 7.89. The van der Waals surface area contributed by atoms with E-state index in [1.54, 1.807) is 11.6 Å². The Labute approximate surface area is 147 Å². The summed E-state index contributed by atoms with van der Waals surface area (Å²) < 4.78 is 6.81. The molecular weight excluding hydrogens is 318 g/mol. The lowest BCUT2D eigenvalue weighted by Gasteiger charge is -2.07. The van der Waals surface area contributed by atoms with E-state index in [1.165, 1.54) is 5.56 Å². The molecule has 6 heteroatoms. The van der Waals surface area contributed by atoms with Crippen molar-refractivity contribution >= 4 is 11.9 Å². The van der Waals surface area contributed by atoms with Crippen molar-refractivity contribution in [1.29, 1.82) is 0 Å². The summed E-state index contributed by atoms with van der Waals surface area (Å²) in [5.74, 6) is 1.28. The number of esters is 1. The fourth-order valence-corrected chi connectivity index (χ4v) is 2.42. The molecule has 0 bridgehead atoms. The average Bonchev–Trinajstić information content (AvgIpc) is 2.86. The Bertz CT molecular complexity index is 814. The lowest BCUT2D eigenvalue weighted by molar-refractivity contribution is -0.123. The van der Waals surface area contributed by atoms with Crippen molar-refractivity contribution in [3.63, 3.8) is 0 Å². The third kappa shape index (κ3) is 4.70. The number of benzene rings is 1. The van der Waals surface area contributed by atoms with E-state index in [1.807, 2.05) is 38.1 Å². The number of nitrogens with zero attached hydrogens (tertiary/aromatic N) is 2. The Balaban J connectivity index is 2.07. The van der Waals surface area contributed by atoms with Gasteiger partial charge in [-0.05, 0) is 26.3 Å². The largest absolute Gasteiger partial charge is 0.452 e. The molecule has 2 rings (SSSR count). The van der Waals surface area contributed by atoms with E-state index in [9.17, 15) is 9.59 Å². The van der Waals surface area contributed by atoms with Crippen LogP contribution in [0.25, 0.3) is 0 Å². The number of aryl methyl sites for hydroxylation is 2. The molecule has 0 aliphatic rings. The van der Waals surface area contributed by atoms with E-state index in [2.05, 4.69) is 16.3 Å². The minimum atomic E-state index is -0.569. The Kier molecular flexibility index (Phi) is 5.96. The van der Waals surface area contributed by atoms with Crippen LogP contribution in [0.4, 0.5) is 0 Å². The SMILES string of the molecule is C#CCNC(=O)COC(=O)c1c(C)nn(Cc2ccc(C)cc2)c1C. The van der Waals surface area contributed by atoms with Gasteiger partial charge in [-0.25, -0.2) is 4.79 Å². The van der Waals surface area contributed by atoms with Gasteiger partial charge in [0, 0.05) is 0 Å². The smallest absolute Gasteiger partial charge is 0.342 e. The van der Waals surface area contributed by atoms with Gasteiger partial charge < -0.3 is 10.1 Å². The van der Waals surface area contributed by atoms with Crippen LogP contribution >= 0.6 is 0 Å². The zero-order chi connectivity index (χ0) is 18.4. The number of ether oxygens (including phenoxy) is 1. The van der Waals surface area contributed by atoms with E-state index in [-0.39, 0.29) is 13.2 Å². The molecular formula is C19H21N3O3. The highest BCUT2D eigenvalue weighted by Crippen LogP contribution is 2.16. The summed E-state index contributed by atoms with van der Waals surface area (Å²) in [4.78, 5) is 23.8. The van der Waals surface area contributed by atoms with E-state index >= 15 is 0 Å². The van der Waals surface area contributed by atoms with Crippen molar-refractivity contribution in [2.24, 2.45) is 0 Å². The lowest BCUT2D eigenvalue weighted by atomic mass is 10.1. The van der Waals surface area contributed by atoms with Crippen LogP contribution < -0.4 is 5.32 Å². The molecule has 0 atom stereocenters. The number of hydrogen-bond donors (Lipinski definition) is 1. The number of nitrogens with one attached hydrogen (secondary N) is 1. The van der Waals surface area contributed by atoms with Crippen molar-refractivity contribution in [3.8, 4) is 12.3 Å². The summed E-state index contributed by atoms with van der Waals surface area (Å²) in [5.41, 5.74) is 3.93. The van der Waals surface area contributed by atoms with Crippen LogP contribution in [-0.2, 0) is 16.1 Å². The first-order chi connectivity index (χ1) is 11.9. The van der Waals surface area contributed by atoms with Crippen molar-refractivity contribution in [1.82, 2.24) is 15.1 Å². The van der Waals surface area contributed by atoms with Crippen LogP contribution in [0, 0.1) is 33.1 Å². The second-order valence-corrected chi connectivity index (χ2v) is 5.75. The maximum atomic E-state index is 12.3. The van der Waals surface area contributed by atoms with E-state index in [4.69, 9.17) is 11.2 Å². The molecule has 0 radical (unpaired) electrons. The summed E-state index contributed by atoms with van der Waals surface area (Å²) in [6.07, 6.45) is 5.05. The molecule has 0 fully saturated rings. The predicted octanol–water partition coefficient (Wildman–Crippen LogP) is 1.76. The molecule has 0 spiro atoms. The molecule has 1 amide bonds. The highest BCUT2D eigenvalue weighted by molar-refractivity contribution is 5.93. The fourth-order valence-electron chi connectivity index (χ4n) is 2.42. The minimum absolute atomic E-state index is 0.100. The molecule has 130 valence electrons. The van der Waals surface area contributed by atoms with Crippen LogP contribution in [0.5, 0.6) is 0 Å². The first-order valence-corrected chi connectivity index (χ1v) is 7.89. The van der Waals surface area contributed by atoms with Gasteiger partial charge in [-0.15, -0.1) is 6.42 Å². The zero-order valence-electron chi connectivity index (χ0n) is 14.6. The molecule has 2 aromatic rings. The predicted molar refractivity (Wildman–Crippen MR) is 94.1 cm³/mol. The molecule has 6 nitrogen and oxygen atoms in total. The number of aromatic nitrogens is 2. The van der Waals surface area contributed by atoms with E-state index in [0.29, 0.717) is 23.5 Å². The maximum Gasteiger partial charge on any atom is 0.342 e. The monoisotopic (exact) mass is 339 g/mol. The fraction of sp³-hybridized carbons (Fsp3) is 0.316. The molecule has 1 heterocycles. The Hall–Kier alpha value is -3.07. The van der Waals surface area contributed by atoms with Gasteiger partial charge in [-0.1, -0.05) is 35.7 Å². The molecule has 1 N–H and O–H groups in total. The van der Waals surface area contributed by atoms with Crippen molar-refractivity contribution < 1.29 is 14.3 Å². The van der Waals surface area contributed by atoms with Gasteiger partial charge in [0.25, 0.3) is 5.91 Å². The summed E-state index contributed by atoms with van der Waals surface area (Å²) in [6.45, 7) is 5.87. The van der Waals surface area contributed by atoms with Gasteiger partial charge in [0.1, 0.15) is 5.56 Å². The van der Waals surface area contributed by atoms with Crippen molar-refractivity contribution in [2.45, 2.75) is 27.3 Å². The van der Waals surface area contributed by atoms with Crippen molar-refractivity contribution in [2.75, 3.05) is 13.2 Å². The molecule has 0 aliphatic heterocycles. The van der Waals surface area contributed by atoms with Gasteiger partial charge >= 0.3 is 5.97 Å². The van der Waals surface area contributed by atoms with Crippen LogP contribution in [0.3, 0.4) is 0 Å². The Morgan fingerprint density at radius 3 is 2.56 bits per heavy atom. The summed E-state index contributed by atoms with van der Waals surface area (Å²) in [7, 11) is 0. The Morgan fingerprint density at radius 2 is 1.92 bits per heavy atom. The van der Waals surface area contributed by atoms with Crippen LogP contribution in [0.1, 0.15) is 32.9 Å². The van der Waals surface area contributed by atoms with Gasteiger partial charge in [-0.3, -0.25) is 9.48 Å². The molecule has 0 aliphatic carbocycles. The second kappa shape index (κ2) is 8.15. The topological polar surface area (TPSA) is 73.2 Å². The summed E-state index contributed by atoms with van der Waals surface area (Å²) >= 11 is 0. The number of carbonyl (C=O) groups excluding carboxylic acids is 2. The van der Waals surface area contributed by atoms with Crippen LogP contribution in [-0.4, -0.2) is 34.8 Å². The van der Waals surface area contributed by atoms with Crippen LogP contribution in [0.2, 0.25) is 0 Å². The number of terminal acetylenes is 1. The highest BCUT2D eigenvalue weighted by atomic mass is 16.5. The van der Waals surface area contributed by atoms with Gasteiger partial charge in [0.2, 0.25) is 0 Å². The van der Waals surface area contributed by atoms with Gasteiger partial charge in [0.15, 0.2) is 6.61 Å².